The van der Waals surface area contributed by atoms with Crippen LogP contribution in [0, 0.1) is 0 Å². The zero-order chi connectivity index (χ0) is 16.8. The maximum atomic E-state index is 12.5. The van der Waals surface area contributed by atoms with Crippen LogP contribution in [0.1, 0.15) is 30.0 Å². The van der Waals surface area contributed by atoms with Crippen molar-refractivity contribution in [3.8, 4) is 0 Å². The molecule has 2 N–H and O–H groups in total. The summed E-state index contributed by atoms with van der Waals surface area (Å²) in [5, 5.41) is 0. The van der Waals surface area contributed by atoms with Crippen molar-refractivity contribution >= 4 is 5.91 Å². The predicted octanol–water partition coefficient (Wildman–Crippen LogP) is 2.89. The molecule has 0 aliphatic carbocycles. The Kier molecular flexibility index (Phi) is 5.62. The standard InChI is InChI=1S/C20H24N2O2/c21-19(17-9-5-2-6-10-17)20(23)22-13-11-18(12-14-22)24-15-16-7-3-1-4-8-16/h1-10,18-19H,11-15,21H2/t19-/m1/s1. The summed E-state index contributed by atoms with van der Waals surface area (Å²) < 4.78 is 5.97. The van der Waals surface area contributed by atoms with E-state index in [1.807, 2.05) is 53.4 Å². The van der Waals surface area contributed by atoms with Gasteiger partial charge in [0.25, 0.3) is 0 Å². The summed E-state index contributed by atoms with van der Waals surface area (Å²) in [4.78, 5) is 14.4. The van der Waals surface area contributed by atoms with Crippen molar-refractivity contribution in [3.63, 3.8) is 0 Å². The van der Waals surface area contributed by atoms with Crippen molar-refractivity contribution in [2.45, 2.75) is 31.6 Å². The van der Waals surface area contributed by atoms with E-state index in [1.165, 1.54) is 5.56 Å². The molecule has 0 radical (unpaired) electrons. The molecule has 1 atom stereocenters. The van der Waals surface area contributed by atoms with E-state index in [0.29, 0.717) is 19.7 Å². The Morgan fingerprint density at radius 2 is 1.62 bits per heavy atom. The Labute approximate surface area is 143 Å². The van der Waals surface area contributed by atoms with E-state index in [9.17, 15) is 4.79 Å². The maximum Gasteiger partial charge on any atom is 0.244 e. The van der Waals surface area contributed by atoms with Gasteiger partial charge in [0.1, 0.15) is 6.04 Å². The third-order valence-corrected chi connectivity index (χ3v) is 4.51. The van der Waals surface area contributed by atoms with E-state index in [-0.39, 0.29) is 12.0 Å². The first kappa shape index (κ1) is 16.7. The Hall–Kier alpha value is -2.17. The number of hydrogen-bond donors (Lipinski definition) is 1. The van der Waals surface area contributed by atoms with Gasteiger partial charge in [-0.25, -0.2) is 0 Å². The van der Waals surface area contributed by atoms with Crippen LogP contribution in [0.2, 0.25) is 0 Å². The molecule has 4 heteroatoms. The van der Waals surface area contributed by atoms with Gasteiger partial charge < -0.3 is 15.4 Å². The van der Waals surface area contributed by atoms with Crippen LogP contribution in [0.15, 0.2) is 60.7 Å². The number of carbonyl (C=O) groups excluding carboxylic acids is 1. The number of carbonyl (C=O) groups is 1. The average molecular weight is 324 g/mol. The second-order valence-corrected chi connectivity index (χ2v) is 6.21. The second kappa shape index (κ2) is 8.08. The fraction of sp³-hybridized carbons (Fsp3) is 0.350. The van der Waals surface area contributed by atoms with Crippen LogP contribution in [-0.4, -0.2) is 30.0 Å². The lowest BCUT2D eigenvalue weighted by atomic mass is 10.0. The molecule has 1 aliphatic heterocycles. The lowest BCUT2D eigenvalue weighted by molar-refractivity contribution is -0.135. The van der Waals surface area contributed by atoms with Gasteiger partial charge >= 0.3 is 0 Å². The first-order chi connectivity index (χ1) is 11.7. The molecule has 2 aromatic rings. The summed E-state index contributed by atoms with van der Waals surface area (Å²) >= 11 is 0. The Morgan fingerprint density at radius 1 is 1.04 bits per heavy atom. The smallest absolute Gasteiger partial charge is 0.244 e. The lowest BCUT2D eigenvalue weighted by Gasteiger charge is -2.33. The van der Waals surface area contributed by atoms with Crippen molar-refractivity contribution in [2.24, 2.45) is 5.73 Å². The number of rotatable bonds is 5. The van der Waals surface area contributed by atoms with Gasteiger partial charge in [0.15, 0.2) is 0 Å². The normalized spacial score (nSPS) is 16.8. The highest BCUT2D eigenvalue weighted by Crippen LogP contribution is 2.19. The highest BCUT2D eigenvalue weighted by atomic mass is 16.5. The molecular weight excluding hydrogens is 300 g/mol. The summed E-state index contributed by atoms with van der Waals surface area (Å²) in [5.41, 5.74) is 8.16. The fourth-order valence-electron chi connectivity index (χ4n) is 3.03. The second-order valence-electron chi connectivity index (χ2n) is 6.21. The molecule has 1 fully saturated rings. The van der Waals surface area contributed by atoms with Crippen molar-refractivity contribution in [3.05, 3.63) is 71.8 Å². The monoisotopic (exact) mass is 324 g/mol. The quantitative estimate of drug-likeness (QED) is 0.920. The summed E-state index contributed by atoms with van der Waals surface area (Å²) in [5.74, 6) is 0.00251. The highest BCUT2D eigenvalue weighted by Gasteiger charge is 2.27. The zero-order valence-corrected chi connectivity index (χ0v) is 13.8. The van der Waals surface area contributed by atoms with E-state index in [1.54, 1.807) is 0 Å². The maximum absolute atomic E-state index is 12.5. The third kappa shape index (κ3) is 4.22. The van der Waals surface area contributed by atoms with Crippen LogP contribution in [0.25, 0.3) is 0 Å². The van der Waals surface area contributed by atoms with Gasteiger partial charge in [0.2, 0.25) is 5.91 Å². The minimum atomic E-state index is -0.576. The summed E-state index contributed by atoms with van der Waals surface area (Å²) in [6, 6.07) is 19.1. The molecule has 0 saturated carbocycles. The molecule has 3 rings (SSSR count). The van der Waals surface area contributed by atoms with Gasteiger partial charge in [0.05, 0.1) is 12.7 Å². The SMILES string of the molecule is N[C@@H](C(=O)N1CCC(OCc2ccccc2)CC1)c1ccccc1. The molecule has 0 aromatic heterocycles. The fourth-order valence-corrected chi connectivity index (χ4v) is 3.03. The van der Waals surface area contributed by atoms with Crippen LogP contribution in [0.5, 0.6) is 0 Å². The number of likely N-dealkylation sites (tertiary alicyclic amines) is 1. The molecule has 2 aromatic carbocycles. The number of hydrogen-bond acceptors (Lipinski definition) is 3. The van der Waals surface area contributed by atoms with Crippen LogP contribution >= 0.6 is 0 Å². The molecule has 1 saturated heterocycles. The molecule has 24 heavy (non-hydrogen) atoms. The molecule has 0 spiro atoms. The Morgan fingerprint density at radius 3 is 2.25 bits per heavy atom. The van der Waals surface area contributed by atoms with Crippen LogP contribution in [0.3, 0.4) is 0 Å². The van der Waals surface area contributed by atoms with Gasteiger partial charge in [-0.15, -0.1) is 0 Å². The van der Waals surface area contributed by atoms with Gasteiger partial charge in [-0.05, 0) is 24.0 Å². The largest absolute Gasteiger partial charge is 0.373 e. The Bertz CT molecular complexity index is 637. The van der Waals surface area contributed by atoms with Crippen molar-refractivity contribution in [1.29, 1.82) is 0 Å². The van der Waals surface area contributed by atoms with Crippen LogP contribution in [0.4, 0.5) is 0 Å². The number of nitrogens with zero attached hydrogens (tertiary/aromatic N) is 1. The summed E-state index contributed by atoms with van der Waals surface area (Å²) in [7, 11) is 0. The van der Waals surface area contributed by atoms with E-state index in [4.69, 9.17) is 10.5 Å². The number of piperidine rings is 1. The molecule has 0 unspecified atom stereocenters. The van der Waals surface area contributed by atoms with E-state index in [0.717, 1.165) is 18.4 Å². The van der Waals surface area contributed by atoms with E-state index in [2.05, 4.69) is 12.1 Å². The third-order valence-electron chi connectivity index (χ3n) is 4.51. The molecule has 1 amide bonds. The summed E-state index contributed by atoms with van der Waals surface area (Å²) in [6.07, 6.45) is 1.93. The topological polar surface area (TPSA) is 55.6 Å². The predicted molar refractivity (Wildman–Crippen MR) is 94.2 cm³/mol. The Balaban J connectivity index is 1.47. The van der Waals surface area contributed by atoms with Gasteiger partial charge in [-0.1, -0.05) is 60.7 Å². The van der Waals surface area contributed by atoms with Gasteiger partial charge in [-0.2, -0.15) is 0 Å². The molecular formula is C20H24N2O2. The molecule has 1 heterocycles. The van der Waals surface area contributed by atoms with Crippen LogP contribution < -0.4 is 5.73 Å². The number of ether oxygens (including phenoxy) is 1. The van der Waals surface area contributed by atoms with Crippen molar-refractivity contribution in [2.75, 3.05) is 13.1 Å². The molecule has 1 aliphatic rings. The minimum Gasteiger partial charge on any atom is -0.373 e. The molecule has 0 bridgehead atoms. The first-order valence-corrected chi connectivity index (χ1v) is 8.49. The number of amides is 1. The van der Waals surface area contributed by atoms with Crippen molar-refractivity contribution in [1.82, 2.24) is 4.90 Å². The van der Waals surface area contributed by atoms with Gasteiger partial charge in [0, 0.05) is 13.1 Å². The first-order valence-electron chi connectivity index (χ1n) is 8.49. The zero-order valence-electron chi connectivity index (χ0n) is 13.8. The summed E-state index contributed by atoms with van der Waals surface area (Å²) in [6.45, 7) is 2.04. The van der Waals surface area contributed by atoms with E-state index >= 15 is 0 Å². The number of nitrogens with two attached hydrogens (primary N) is 1. The molecule has 4 nitrogen and oxygen atoms in total. The number of benzene rings is 2. The van der Waals surface area contributed by atoms with E-state index < -0.39 is 6.04 Å². The lowest BCUT2D eigenvalue weighted by Crippen LogP contribution is -2.44. The minimum absolute atomic E-state index is 0.00251. The van der Waals surface area contributed by atoms with Gasteiger partial charge in [-0.3, -0.25) is 4.79 Å². The average Bonchev–Trinajstić information content (AvgIpc) is 2.67. The van der Waals surface area contributed by atoms with Crippen molar-refractivity contribution < 1.29 is 9.53 Å². The molecule has 126 valence electrons. The highest BCUT2D eigenvalue weighted by molar-refractivity contribution is 5.83. The van der Waals surface area contributed by atoms with Crippen LogP contribution in [-0.2, 0) is 16.1 Å².